The van der Waals surface area contributed by atoms with Gasteiger partial charge in [-0.15, -0.1) is 12.4 Å². The molecule has 2 N–H and O–H groups in total. The first-order valence-corrected chi connectivity index (χ1v) is 9.79. The average Bonchev–Trinajstić information content (AvgIpc) is 2.60. The Balaban J connectivity index is 0.00000288. The summed E-state index contributed by atoms with van der Waals surface area (Å²) in [4.78, 5) is 14.2. The molecule has 1 aromatic carbocycles. The molecule has 1 fully saturated rings. The number of nitrogens with zero attached hydrogens (tertiary/aromatic N) is 1. The average molecular weight is 373 g/mol. The Morgan fingerprint density at radius 2 is 2.00 bits per heavy atom. The molecular formula is C18H29ClN2O2S. The van der Waals surface area contributed by atoms with Gasteiger partial charge in [0.2, 0.25) is 5.91 Å². The van der Waals surface area contributed by atoms with Crippen LogP contribution in [-0.4, -0.2) is 54.7 Å². The van der Waals surface area contributed by atoms with Crippen molar-refractivity contribution in [1.82, 2.24) is 4.90 Å². The molecule has 0 saturated carbocycles. The molecule has 0 radical (unpaired) electrons. The third-order valence-corrected chi connectivity index (χ3v) is 4.93. The Bertz CT molecular complexity index is 467. The van der Waals surface area contributed by atoms with Gasteiger partial charge in [-0.2, -0.15) is 11.8 Å². The molecule has 1 amide bonds. The van der Waals surface area contributed by atoms with E-state index >= 15 is 0 Å². The van der Waals surface area contributed by atoms with Gasteiger partial charge < -0.3 is 15.4 Å². The minimum atomic E-state index is -0.349. The van der Waals surface area contributed by atoms with Crippen molar-refractivity contribution in [2.75, 3.05) is 31.7 Å². The predicted molar refractivity (Wildman–Crippen MR) is 104 cm³/mol. The Morgan fingerprint density at radius 3 is 2.62 bits per heavy atom. The van der Waals surface area contributed by atoms with Crippen molar-refractivity contribution in [1.29, 1.82) is 0 Å². The summed E-state index contributed by atoms with van der Waals surface area (Å²) in [7, 11) is 0. The van der Waals surface area contributed by atoms with Crippen LogP contribution < -0.4 is 5.73 Å². The molecule has 1 atom stereocenters. The largest absolute Gasteiger partial charge is 0.378 e. The number of amides is 1. The maximum atomic E-state index is 12.3. The summed E-state index contributed by atoms with van der Waals surface area (Å²) in [5.41, 5.74) is 7.28. The van der Waals surface area contributed by atoms with Crippen molar-refractivity contribution in [2.24, 2.45) is 5.73 Å². The van der Waals surface area contributed by atoms with E-state index in [9.17, 15) is 4.79 Å². The van der Waals surface area contributed by atoms with Crippen LogP contribution in [0.2, 0.25) is 0 Å². The summed E-state index contributed by atoms with van der Waals surface area (Å²) in [5.74, 6) is 1.04. The molecule has 0 unspecified atom stereocenters. The van der Waals surface area contributed by atoms with Crippen molar-refractivity contribution in [3.05, 3.63) is 35.9 Å². The lowest BCUT2D eigenvalue weighted by Gasteiger charge is -2.33. The van der Waals surface area contributed by atoms with Crippen molar-refractivity contribution < 1.29 is 9.53 Å². The number of carbonyl (C=O) groups is 1. The van der Waals surface area contributed by atoms with E-state index in [4.69, 9.17) is 10.5 Å². The molecule has 1 aromatic rings. The Hall–Kier alpha value is -0.750. The molecule has 24 heavy (non-hydrogen) atoms. The SMILES string of the molecule is CSCC[C@H](N)C(=O)N1CCC(OCCc2ccccc2)CC1.Cl. The van der Waals surface area contributed by atoms with Crippen LogP contribution in [0.1, 0.15) is 24.8 Å². The lowest BCUT2D eigenvalue weighted by Crippen LogP contribution is -2.48. The highest BCUT2D eigenvalue weighted by molar-refractivity contribution is 7.98. The number of ether oxygens (including phenoxy) is 1. The molecule has 1 aliphatic rings. The first-order chi connectivity index (χ1) is 11.2. The monoisotopic (exact) mass is 372 g/mol. The summed E-state index contributed by atoms with van der Waals surface area (Å²) >= 11 is 1.73. The molecule has 0 bridgehead atoms. The summed E-state index contributed by atoms with van der Waals surface area (Å²) < 4.78 is 5.97. The first kappa shape index (κ1) is 21.3. The highest BCUT2D eigenvalue weighted by Crippen LogP contribution is 2.16. The van der Waals surface area contributed by atoms with Gasteiger partial charge in [-0.05, 0) is 43.3 Å². The van der Waals surface area contributed by atoms with Crippen molar-refractivity contribution in [2.45, 2.75) is 37.8 Å². The predicted octanol–water partition coefficient (Wildman–Crippen LogP) is 2.74. The zero-order valence-electron chi connectivity index (χ0n) is 14.4. The van der Waals surface area contributed by atoms with Crippen LogP contribution in [0.5, 0.6) is 0 Å². The molecule has 1 heterocycles. The summed E-state index contributed by atoms with van der Waals surface area (Å²) in [6.45, 7) is 2.28. The minimum absolute atomic E-state index is 0. The second kappa shape index (κ2) is 11.7. The van der Waals surface area contributed by atoms with E-state index in [1.165, 1.54) is 5.56 Å². The Kier molecular flexibility index (Phi) is 10.4. The van der Waals surface area contributed by atoms with E-state index < -0.39 is 0 Å². The lowest BCUT2D eigenvalue weighted by atomic mass is 10.1. The number of likely N-dealkylation sites (tertiary alicyclic amines) is 1. The lowest BCUT2D eigenvalue weighted by molar-refractivity contribution is -0.135. The van der Waals surface area contributed by atoms with E-state index in [-0.39, 0.29) is 30.5 Å². The van der Waals surface area contributed by atoms with Gasteiger partial charge in [-0.25, -0.2) is 0 Å². The van der Waals surface area contributed by atoms with E-state index in [0.717, 1.165) is 51.1 Å². The zero-order chi connectivity index (χ0) is 16.5. The second-order valence-electron chi connectivity index (χ2n) is 6.02. The molecule has 2 rings (SSSR count). The molecular weight excluding hydrogens is 344 g/mol. The number of hydrogen-bond acceptors (Lipinski definition) is 4. The van der Waals surface area contributed by atoms with Gasteiger partial charge in [-0.1, -0.05) is 30.3 Å². The summed E-state index contributed by atoms with van der Waals surface area (Å²) in [6, 6.07) is 10.0. The van der Waals surface area contributed by atoms with Gasteiger partial charge in [0.15, 0.2) is 0 Å². The summed E-state index contributed by atoms with van der Waals surface area (Å²) in [6.07, 6.45) is 5.83. The van der Waals surface area contributed by atoms with Crippen LogP contribution >= 0.6 is 24.2 Å². The first-order valence-electron chi connectivity index (χ1n) is 8.39. The number of carbonyl (C=O) groups excluding carboxylic acids is 1. The second-order valence-corrected chi connectivity index (χ2v) is 7.00. The summed E-state index contributed by atoms with van der Waals surface area (Å²) in [5, 5.41) is 0. The van der Waals surface area contributed by atoms with Crippen LogP contribution in [0.25, 0.3) is 0 Å². The van der Waals surface area contributed by atoms with Crippen LogP contribution in [0.3, 0.4) is 0 Å². The number of hydrogen-bond donors (Lipinski definition) is 1. The van der Waals surface area contributed by atoms with Gasteiger partial charge in [0.25, 0.3) is 0 Å². The Labute approximate surface area is 155 Å². The molecule has 0 spiro atoms. The maximum Gasteiger partial charge on any atom is 0.239 e. The molecule has 136 valence electrons. The molecule has 0 aromatic heterocycles. The molecule has 0 aliphatic carbocycles. The Morgan fingerprint density at radius 1 is 1.33 bits per heavy atom. The van der Waals surface area contributed by atoms with Gasteiger partial charge in [-0.3, -0.25) is 4.79 Å². The number of nitrogens with two attached hydrogens (primary N) is 1. The molecule has 4 nitrogen and oxygen atoms in total. The van der Waals surface area contributed by atoms with E-state index in [0.29, 0.717) is 0 Å². The van der Waals surface area contributed by atoms with E-state index in [1.54, 1.807) is 11.8 Å². The highest BCUT2D eigenvalue weighted by atomic mass is 35.5. The number of thioether (sulfide) groups is 1. The van der Waals surface area contributed by atoms with Gasteiger partial charge in [0.1, 0.15) is 0 Å². The van der Waals surface area contributed by atoms with Crippen LogP contribution in [0, 0.1) is 0 Å². The molecule has 6 heteroatoms. The zero-order valence-corrected chi connectivity index (χ0v) is 16.0. The van der Waals surface area contributed by atoms with E-state index in [2.05, 4.69) is 24.3 Å². The van der Waals surface area contributed by atoms with Gasteiger partial charge >= 0.3 is 0 Å². The number of rotatable bonds is 8. The third kappa shape index (κ3) is 7.01. The normalized spacial score (nSPS) is 16.5. The van der Waals surface area contributed by atoms with E-state index in [1.807, 2.05) is 17.2 Å². The quantitative estimate of drug-likeness (QED) is 0.762. The van der Waals surface area contributed by atoms with Crippen LogP contribution in [0.4, 0.5) is 0 Å². The van der Waals surface area contributed by atoms with Crippen molar-refractivity contribution in [3.8, 4) is 0 Å². The minimum Gasteiger partial charge on any atom is -0.378 e. The number of benzene rings is 1. The van der Waals surface area contributed by atoms with Gasteiger partial charge in [0.05, 0.1) is 18.8 Å². The highest BCUT2D eigenvalue weighted by Gasteiger charge is 2.26. The number of halogens is 1. The standard InChI is InChI=1S/C18H28N2O2S.ClH/c1-23-14-10-17(19)18(21)20-11-7-16(8-12-20)22-13-9-15-5-3-2-4-6-15;/h2-6,16-17H,7-14,19H2,1H3;1H/t17-;/m0./s1. The fraction of sp³-hybridized carbons (Fsp3) is 0.611. The molecule has 1 aliphatic heterocycles. The number of piperidine rings is 1. The van der Waals surface area contributed by atoms with Crippen molar-refractivity contribution >= 4 is 30.1 Å². The van der Waals surface area contributed by atoms with Crippen LogP contribution in [-0.2, 0) is 16.0 Å². The third-order valence-electron chi connectivity index (χ3n) is 4.29. The van der Waals surface area contributed by atoms with Gasteiger partial charge in [0, 0.05) is 13.1 Å². The molecule has 1 saturated heterocycles. The van der Waals surface area contributed by atoms with Crippen LogP contribution in [0.15, 0.2) is 30.3 Å². The van der Waals surface area contributed by atoms with Crippen molar-refractivity contribution in [3.63, 3.8) is 0 Å². The smallest absolute Gasteiger partial charge is 0.239 e. The maximum absolute atomic E-state index is 12.3. The topological polar surface area (TPSA) is 55.6 Å². The fourth-order valence-corrected chi connectivity index (χ4v) is 3.32. The fourth-order valence-electron chi connectivity index (χ4n) is 2.83.